The highest BCUT2D eigenvalue weighted by Gasteiger charge is 2.23. The zero-order chi connectivity index (χ0) is 24.1. The maximum atomic E-state index is 13.1. The number of nitrogens with zero attached hydrogens (tertiary/aromatic N) is 2. The number of methoxy groups -OCH3 is 1. The second kappa shape index (κ2) is 10.1. The predicted octanol–water partition coefficient (Wildman–Crippen LogP) is 3.71. The summed E-state index contributed by atoms with van der Waals surface area (Å²) in [4.78, 5) is 8.25. The van der Waals surface area contributed by atoms with Gasteiger partial charge in [0.2, 0.25) is 5.75 Å². The van der Waals surface area contributed by atoms with Crippen LogP contribution in [0.15, 0.2) is 59.8 Å². The molecular formula is C23H28N4O5S. The first-order valence-corrected chi connectivity index (χ1v) is 11.8. The Kier molecular flexibility index (Phi) is 7.39. The van der Waals surface area contributed by atoms with E-state index in [0.717, 1.165) is 5.56 Å². The smallest absolute Gasteiger partial charge is 0.263 e. The van der Waals surface area contributed by atoms with Crippen molar-refractivity contribution in [2.75, 3.05) is 25.0 Å². The zero-order valence-corrected chi connectivity index (χ0v) is 19.8. The topological polar surface area (TPSA) is 126 Å². The minimum atomic E-state index is -3.97. The van der Waals surface area contributed by atoms with Crippen molar-refractivity contribution in [1.29, 1.82) is 0 Å². The van der Waals surface area contributed by atoms with E-state index in [1.54, 1.807) is 48.5 Å². The van der Waals surface area contributed by atoms with E-state index in [0.29, 0.717) is 11.5 Å². The number of sulfonamides is 1. The minimum absolute atomic E-state index is 0.00842. The summed E-state index contributed by atoms with van der Waals surface area (Å²) >= 11 is 0. The van der Waals surface area contributed by atoms with Crippen LogP contribution in [0.4, 0.5) is 5.82 Å². The Labute approximate surface area is 194 Å². The van der Waals surface area contributed by atoms with Crippen LogP contribution < -0.4 is 24.7 Å². The van der Waals surface area contributed by atoms with Crippen LogP contribution in [-0.2, 0) is 15.4 Å². The Morgan fingerprint density at radius 2 is 1.73 bits per heavy atom. The van der Waals surface area contributed by atoms with Crippen LogP contribution in [-0.4, -0.2) is 38.6 Å². The monoisotopic (exact) mass is 472 g/mol. The third kappa shape index (κ3) is 6.11. The fourth-order valence-corrected chi connectivity index (χ4v) is 3.90. The SMILES string of the molecule is COc1cccc(Oc2c(NS(=O)(=O)c3ccc(C(C)(C)C)cc3)ncnc2OCCN)c1. The van der Waals surface area contributed by atoms with Gasteiger partial charge in [-0.1, -0.05) is 39.0 Å². The molecule has 9 nitrogen and oxygen atoms in total. The highest BCUT2D eigenvalue weighted by Crippen LogP contribution is 2.37. The molecule has 0 unspecified atom stereocenters. The summed E-state index contributed by atoms with van der Waals surface area (Å²) in [5, 5.41) is 0. The van der Waals surface area contributed by atoms with Gasteiger partial charge in [-0.05, 0) is 35.2 Å². The third-order valence-corrected chi connectivity index (χ3v) is 6.01. The van der Waals surface area contributed by atoms with Gasteiger partial charge in [0.1, 0.15) is 24.4 Å². The van der Waals surface area contributed by atoms with E-state index in [9.17, 15) is 8.42 Å². The second-order valence-electron chi connectivity index (χ2n) is 8.15. The molecule has 176 valence electrons. The van der Waals surface area contributed by atoms with Crippen LogP contribution in [0.2, 0.25) is 0 Å². The average molecular weight is 473 g/mol. The first kappa shape index (κ1) is 24.3. The van der Waals surface area contributed by atoms with Crippen molar-refractivity contribution in [1.82, 2.24) is 9.97 Å². The Bertz CT molecular complexity index is 1190. The van der Waals surface area contributed by atoms with Gasteiger partial charge in [-0.25, -0.2) is 13.4 Å². The average Bonchev–Trinajstić information content (AvgIpc) is 2.78. The normalized spacial score (nSPS) is 11.7. The standard InChI is InChI=1S/C23H28N4O5S/c1-23(2,3)16-8-10-19(11-9-16)33(28,29)27-21-20(22(26-15-25-21)31-13-12-24)32-18-7-5-6-17(14-18)30-4/h5-11,14-15H,12-13,24H2,1-4H3,(H,25,26,27). The van der Waals surface area contributed by atoms with E-state index >= 15 is 0 Å². The number of anilines is 1. The molecule has 0 atom stereocenters. The van der Waals surface area contributed by atoms with Gasteiger partial charge < -0.3 is 19.9 Å². The molecule has 3 aromatic rings. The number of ether oxygens (including phenoxy) is 3. The van der Waals surface area contributed by atoms with Gasteiger partial charge >= 0.3 is 0 Å². The van der Waals surface area contributed by atoms with Gasteiger partial charge in [0.15, 0.2) is 5.82 Å². The maximum absolute atomic E-state index is 13.1. The highest BCUT2D eigenvalue weighted by molar-refractivity contribution is 7.92. The molecule has 0 saturated carbocycles. The predicted molar refractivity (Wildman–Crippen MR) is 126 cm³/mol. The lowest BCUT2D eigenvalue weighted by Gasteiger charge is -2.19. The molecule has 2 aromatic carbocycles. The summed E-state index contributed by atoms with van der Waals surface area (Å²) in [5.41, 5.74) is 6.45. The van der Waals surface area contributed by atoms with Gasteiger partial charge in [0.25, 0.3) is 15.9 Å². The lowest BCUT2D eigenvalue weighted by Crippen LogP contribution is -2.17. The number of aromatic nitrogens is 2. The molecule has 0 aliphatic rings. The van der Waals surface area contributed by atoms with Gasteiger partial charge in [0, 0.05) is 12.6 Å². The number of hydrogen-bond acceptors (Lipinski definition) is 8. The molecule has 0 fully saturated rings. The second-order valence-corrected chi connectivity index (χ2v) is 9.84. The summed E-state index contributed by atoms with van der Waals surface area (Å²) in [6.45, 7) is 6.57. The number of benzene rings is 2. The number of hydrogen-bond donors (Lipinski definition) is 2. The molecular weight excluding hydrogens is 444 g/mol. The van der Waals surface area contributed by atoms with Crippen molar-refractivity contribution in [2.24, 2.45) is 5.73 Å². The van der Waals surface area contributed by atoms with Crippen LogP contribution in [0.3, 0.4) is 0 Å². The Balaban J connectivity index is 1.97. The van der Waals surface area contributed by atoms with Gasteiger partial charge in [0.05, 0.1) is 12.0 Å². The van der Waals surface area contributed by atoms with Crippen LogP contribution in [0.5, 0.6) is 23.1 Å². The molecule has 33 heavy (non-hydrogen) atoms. The molecule has 0 aliphatic heterocycles. The van der Waals surface area contributed by atoms with E-state index < -0.39 is 10.0 Å². The maximum Gasteiger partial charge on any atom is 0.263 e. The highest BCUT2D eigenvalue weighted by atomic mass is 32.2. The minimum Gasteiger partial charge on any atom is -0.497 e. The molecule has 0 aliphatic carbocycles. The molecule has 0 amide bonds. The fourth-order valence-electron chi connectivity index (χ4n) is 2.88. The van der Waals surface area contributed by atoms with Crippen LogP contribution >= 0.6 is 0 Å². The lowest BCUT2D eigenvalue weighted by molar-refractivity contribution is 0.298. The summed E-state index contributed by atoms with van der Waals surface area (Å²) in [6, 6.07) is 13.5. The number of rotatable bonds is 9. The summed E-state index contributed by atoms with van der Waals surface area (Å²) < 4.78 is 45.4. The zero-order valence-electron chi connectivity index (χ0n) is 19.0. The van der Waals surface area contributed by atoms with Crippen molar-refractivity contribution in [3.63, 3.8) is 0 Å². The summed E-state index contributed by atoms with van der Waals surface area (Å²) in [5.74, 6) is 0.944. The van der Waals surface area contributed by atoms with Crippen LogP contribution in [0, 0.1) is 0 Å². The number of nitrogens with one attached hydrogen (secondary N) is 1. The molecule has 0 bridgehead atoms. The van der Waals surface area contributed by atoms with Gasteiger partial charge in [-0.15, -0.1) is 0 Å². The van der Waals surface area contributed by atoms with Gasteiger partial charge in [-0.2, -0.15) is 4.98 Å². The molecule has 0 radical (unpaired) electrons. The Morgan fingerprint density at radius 3 is 2.36 bits per heavy atom. The van der Waals surface area contributed by atoms with E-state index in [1.807, 2.05) is 0 Å². The first-order chi connectivity index (χ1) is 15.6. The largest absolute Gasteiger partial charge is 0.497 e. The molecule has 0 saturated heterocycles. The lowest BCUT2D eigenvalue weighted by atomic mass is 9.87. The molecule has 3 N–H and O–H groups in total. The van der Waals surface area contributed by atoms with Crippen molar-refractivity contribution in [3.8, 4) is 23.1 Å². The first-order valence-electron chi connectivity index (χ1n) is 10.3. The van der Waals surface area contributed by atoms with Gasteiger partial charge in [-0.3, -0.25) is 4.72 Å². The molecule has 3 rings (SSSR count). The quantitative estimate of drug-likeness (QED) is 0.483. The molecule has 1 aromatic heterocycles. The van der Waals surface area contributed by atoms with Crippen LogP contribution in [0.1, 0.15) is 26.3 Å². The van der Waals surface area contributed by atoms with Crippen LogP contribution in [0.25, 0.3) is 0 Å². The van der Waals surface area contributed by atoms with E-state index in [4.69, 9.17) is 19.9 Å². The fraction of sp³-hybridized carbons (Fsp3) is 0.304. The molecule has 0 spiro atoms. The van der Waals surface area contributed by atoms with Crippen molar-refractivity contribution < 1.29 is 22.6 Å². The third-order valence-electron chi connectivity index (χ3n) is 4.65. The van der Waals surface area contributed by atoms with Crippen molar-refractivity contribution in [3.05, 3.63) is 60.4 Å². The Morgan fingerprint density at radius 1 is 1.03 bits per heavy atom. The van der Waals surface area contributed by atoms with E-state index in [-0.39, 0.29) is 40.9 Å². The number of nitrogens with two attached hydrogens (primary N) is 1. The summed E-state index contributed by atoms with van der Waals surface area (Å²) in [6.07, 6.45) is 1.19. The summed E-state index contributed by atoms with van der Waals surface area (Å²) in [7, 11) is -2.43. The molecule has 10 heteroatoms. The Hall–Kier alpha value is -3.37. The van der Waals surface area contributed by atoms with Crippen molar-refractivity contribution in [2.45, 2.75) is 31.1 Å². The molecule has 1 heterocycles. The van der Waals surface area contributed by atoms with E-state index in [1.165, 1.54) is 13.4 Å². The van der Waals surface area contributed by atoms with Crippen molar-refractivity contribution >= 4 is 15.8 Å². The van der Waals surface area contributed by atoms with E-state index in [2.05, 4.69) is 35.5 Å².